The van der Waals surface area contributed by atoms with E-state index in [0.717, 1.165) is 16.7 Å². The quantitative estimate of drug-likeness (QED) is 0.181. The SMILES string of the molecule is [C-]#[N+]c1ccncc1-c1ccc(-c2cc3c4ccccc4c(-c4ccccc4)cc3c3ccccc23)cc1. The molecule has 0 aliphatic carbocycles. The van der Waals surface area contributed by atoms with Crippen LogP contribution >= 0.6 is 0 Å². The number of pyridine rings is 1. The first-order chi connectivity index (χ1) is 18.8. The van der Waals surface area contributed by atoms with Crippen molar-refractivity contribution in [3.8, 4) is 33.4 Å². The third-order valence-corrected chi connectivity index (χ3v) is 7.39. The Balaban J connectivity index is 1.49. The molecule has 0 spiro atoms. The molecule has 2 nitrogen and oxygen atoms in total. The van der Waals surface area contributed by atoms with Gasteiger partial charge in [-0.1, -0.05) is 103 Å². The van der Waals surface area contributed by atoms with E-state index in [2.05, 4.69) is 125 Å². The second-order valence-corrected chi connectivity index (χ2v) is 9.48. The zero-order chi connectivity index (χ0) is 25.5. The minimum Gasteiger partial charge on any atom is -0.267 e. The van der Waals surface area contributed by atoms with Crippen molar-refractivity contribution in [2.24, 2.45) is 0 Å². The molecule has 0 unspecified atom stereocenters. The number of nitrogens with zero attached hydrogens (tertiary/aromatic N) is 2. The van der Waals surface area contributed by atoms with Crippen molar-refractivity contribution in [3.05, 3.63) is 145 Å². The molecule has 0 N–H and O–H groups in total. The lowest BCUT2D eigenvalue weighted by atomic mass is 9.87. The van der Waals surface area contributed by atoms with E-state index in [9.17, 15) is 0 Å². The van der Waals surface area contributed by atoms with Gasteiger partial charge >= 0.3 is 0 Å². The molecule has 0 atom stereocenters. The van der Waals surface area contributed by atoms with Gasteiger partial charge in [0.25, 0.3) is 0 Å². The molecule has 0 saturated carbocycles. The molecule has 0 amide bonds. The van der Waals surface area contributed by atoms with Gasteiger partial charge in [-0.15, -0.1) is 0 Å². The van der Waals surface area contributed by atoms with Crippen molar-refractivity contribution in [1.29, 1.82) is 0 Å². The summed E-state index contributed by atoms with van der Waals surface area (Å²) >= 11 is 0. The van der Waals surface area contributed by atoms with E-state index in [0.29, 0.717) is 5.69 Å². The van der Waals surface area contributed by atoms with E-state index in [1.807, 2.05) is 0 Å². The maximum atomic E-state index is 7.51. The van der Waals surface area contributed by atoms with Gasteiger partial charge < -0.3 is 0 Å². The third kappa shape index (κ3) is 3.53. The normalized spacial score (nSPS) is 11.1. The van der Waals surface area contributed by atoms with E-state index in [4.69, 9.17) is 6.57 Å². The molecule has 7 rings (SSSR count). The molecule has 1 aromatic heterocycles. The fourth-order valence-corrected chi connectivity index (χ4v) is 5.58. The van der Waals surface area contributed by atoms with Crippen LogP contribution in [0.5, 0.6) is 0 Å². The van der Waals surface area contributed by atoms with Crippen LogP contribution in [0.15, 0.2) is 134 Å². The zero-order valence-electron chi connectivity index (χ0n) is 20.6. The van der Waals surface area contributed by atoms with Gasteiger partial charge in [0.05, 0.1) is 6.57 Å². The molecule has 38 heavy (non-hydrogen) atoms. The molecule has 7 aromatic rings. The van der Waals surface area contributed by atoms with Crippen LogP contribution in [0.25, 0.3) is 70.5 Å². The Kier molecular flexibility index (Phi) is 5.20. The number of rotatable bonds is 3. The molecular formula is C36H22N2. The first-order valence-electron chi connectivity index (χ1n) is 12.7. The van der Waals surface area contributed by atoms with Gasteiger partial charge in [-0.05, 0) is 78.3 Å². The summed E-state index contributed by atoms with van der Waals surface area (Å²) in [6.07, 6.45) is 3.43. The Hall–Kier alpha value is -5.26. The molecule has 6 aromatic carbocycles. The van der Waals surface area contributed by atoms with Crippen LogP contribution in [-0.2, 0) is 0 Å². The summed E-state index contributed by atoms with van der Waals surface area (Å²) < 4.78 is 0. The zero-order valence-corrected chi connectivity index (χ0v) is 20.6. The minimum atomic E-state index is 0.615. The van der Waals surface area contributed by atoms with Crippen LogP contribution in [0, 0.1) is 6.57 Å². The first kappa shape index (κ1) is 22.0. The summed E-state index contributed by atoms with van der Waals surface area (Å²) in [5.41, 5.74) is 7.30. The third-order valence-electron chi connectivity index (χ3n) is 7.39. The van der Waals surface area contributed by atoms with Crippen molar-refractivity contribution in [3.63, 3.8) is 0 Å². The maximum absolute atomic E-state index is 7.51. The second-order valence-electron chi connectivity index (χ2n) is 9.48. The van der Waals surface area contributed by atoms with Gasteiger partial charge in [0.15, 0.2) is 5.69 Å². The highest BCUT2D eigenvalue weighted by Crippen LogP contribution is 2.42. The lowest BCUT2D eigenvalue weighted by Crippen LogP contribution is -1.89. The van der Waals surface area contributed by atoms with Crippen LogP contribution in [-0.4, -0.2) is 4.98 Å². The van der Waals surface area contributed by atoms with Crippen molar-refractivity contribution in [2.75, 3.05) is 0 Å². The van der Waals surface area contributed by atoms with Gasteiger partial charge in [0.1, 0.15) is 0 Å². The predicted molar refractivity (Wildman–Crippen MR) is 159 cm³/mol. The molecular weight excluding hydrogens is 460 g/mol. The van der Waals surface area contributed by atoms with Gasteiger partial charge in [-0.3, -0.25) is 4.98 Å². The number of hydrogen-bond donors (Lipinski definition) is 0. The monoisotopic (exact) mass is 482 g/mol. The van der Waals surface area contributed by atoms with E-state index in [-0.39, 0.29) is 0 Å². The molecule has 176 valence electrons. The molecule has 0 saturated heterocycles. The average Bonchev–Trinajstić information content (AvgIpc) is 3.00. The van der Waals surface area contributed by atoms with Gasteiger partial charge in [-0.2, -0.15) is 0 Å². The van der Waals surface area contributed by atoms with Gasteiger partial charge in [-0.25, -0.2) is 4.85 Å². The van der Waals surface area contributed by atoms with E-state index in [1.165, 1.54) is 49.0 Å². The van der Waals surface area contributed by atoms with Gasteiger partial charge in [0.2, 0.25) is 0 Å². The molecule has 0 bridgehead atoms. The highest BCUT2D eigenvalue weighted by atomic mass is 14.7. The predicted octanol–water partition coefficient (Wildman–Crippen LogP) is 10.1. The smallest absolute Gasteiger partial charge is 0.197 e. The summed E-state index contributed by atoms with van der Waals surface area (Å²) in [6.45, 7) is 7.51. The number of benzene rings is 6. The summed E-state index contributed by atoms with van der Waals surface area (Å²) in [5.74, 6) is 0. The average molecular weight is 483 g/mol. The molecule has 1 heterocycles. The second kappa shape index (κ2) is 9.00. The molecule has 0 radical (unpaired) electrons. The number of aromatic nitrogens is 1. The highest BCUT2D eigenvalue weighted by Gasteiger charge is 2.14. The van der Waals surface area contributed by atoms with Gasteiger partial charge in [0, 0.05) is 18.0 Å². The minimum absolute atomic E-state index is 0.615. The lowest BCUT2D eigenvalue weighted by Gasteiger charge is -2.16. The van der Waals surface area contributed by atoms with Crippen LogP contribution in [0.4, 0.5) is 5.69 Å². The Bertz CT molecular complexity index is 2010. The first-order valence-corrected chi connectivity index (χ1v) is 12.7. The highest BCUT2D eigenvalue weighted by molar-refractivity contribution is 6.23. The topological polar surface area (TPSA) is 17.2 Å². The van der Waals surface area contributed by atoms with Crippen molar-refractivity contribution in [1.82, 2.24) is 4.98 Å². The summed E-state index contributed by atoms with van der Waals surface area (Å²) in [4.78, 5) is 7.91. The Morgan fingerprint density at radius 2 is 0.921 bits per heavy atom. The number of hydrogen-bond acceptors (Lipinski definition) is 1. The van der Waals surface area contributed by atoms with Crippen LogP contribution in [0.1, 0.15) is 0 Å². The van der Waals surface area contributed by atoms with E-state index in [1.54, 1.807) is 18.5 Å². The van der Waals surface area contributed by atoms with Crippen LogP contribution in [0.2, 0.25) is 0 Å². The fraction of sp³-hybridized carbons (Fsp3) is 0. The van der Waals surface area contributed by atoms with Crippen molar-refractivity contribution < 1.29 is 0 Å². The summed E-state index contributed by atoms with van der Waals surface area (Å²) in [6, 6.07) is 43.0. The fourth-order valence-electron chi connectivity index (χ4n) is 5.58. The summed E-state index contributed by atoms with van der Waals surface area (Å²) in [5, 5.41) is 7.49. The molecule has 0 aliphatic rings. The number of fused-ring (bicyclic) bond motifs is 5. The van der Waals surface area contributed by atoms with E-state index >= 15 is 0 Å². The maximum Gasteiger partial charge on any atom is 0.197 e. The Morgan fingerprint density at radius 3 is 1.47 bits per heavy atom. The van der Waals surface area contributed by atoms with Crippen LogP contribution in [0.3, 0.4) is 0 Å². The van der Waals surface area contributed by atoms with Crippen LogP contribution < -0.4 is 0 Å². The standard InChI is InChI=1S/C36H22N2/c1-37-36-19-20-38-23-35(36)26-17-15-25(16-18-26)32-22-34-29-13-7-5-11-27(29)31(24-9-3-2-4-10-24)21-33(34)30-14-8-6-12-28(30)32/h2-23H. The van der Waals surface area contributed by atoms with Crippen molar-refractivity contribution in [2.45, 2.75) is 0 Å². The molecule has 0 aliphatic heterocycles. The Morgan fingerprint density at radius 1 is 0.447 bits per heavy atom. The molecule has 2 heteroatoms. The van der Waals surface area contributed by atoms with E-state index < -0.39 is 0 Å². The lowest BCUT2D eigenvalue weighted by molar-refractivity contribution is 1.33. The molecule has 0 fully saturated rings. The van der Waals surface area contributed by atoms with Crippen molar-refractivity contribution >= 4 is 38.0 Å². The largest absolute Gasteiger partial charge is 0.267 e. The Labute approximate surface area is 221 Å². The summed E-state index contributed by atoms with van der Waals surface area (Å²) in [7, 11) is 0.